The molecule has 2 aromatic rings. The number of carbonyl (C=O) groups excluding carboxylic acids is 1. The fourth-order valence-corrected chi connectivity index (χ4v) is 2.78. The van der Waals surface area contributed by atoms with Crippen LogP contribution in [0.1, 0.15) is 6.92 Å². The Kier molecular flexibility index (Phi) is 4.31. The predicted molar refractivity (Wildman–Crippen MR) is 83.6 cm³/mol. The van der Waals surface area contributed by atoms with Gasteiger partial charge in [0.05, 0.1) is 13.2 Å². The van der Waals surface area contributed by atoms with E-state index in [9.17, 15) is 9.90 Å². The first kappa shape index (κ1) is 14.9. The number of benzene rings is 1. The van der Waals surface area contributed by atoms with Crippen LogP contribution in [-0.2, 0) is 4.79 Å². The van der Waals surface area contributed by atoms with Crippen LogP contribution >= 0.6 is 0 Å². The Morgan fingerprint density at radius 2 is 2.27 bits per heavy atom. The topological polar surface area (TPSA) is 68.8 Å². The van der Waals surface area contributed by atoms with Gasteiger partial charge < -0.3 is 19.7 Å². The van der Waals surface area contributed by atoms with Gasteiger partial charge in [-0.05, 0) is 25.1 Å². The van der Waals surface area contributed by atoms with Gasteiger partial charge in [-0.1, -0.05) is 6.07 Å². The fraction of sp³-hybridized carbons (Fsp3) is 0.438. The maximum Gasteiger partial charge on any atom is 0.237 e. The minimum absolute atomic E-state index is 0.118. The molecule has 1 saturated heterocycles. The molecule has 0 aliphatic carbocycles. The fourth-order valence-electron chi connectivity index (χ4n) is 2.78. The molecule has 1 atom stereocenters. The van der Waals surface area contributed by atoms with Gasteiger partial charge in [-0.15, -0.1) is 0 Å². The molecule has 6 nitrogen and oxygen atoms in total. The van der Waals surface area contributed by atoms with Crippen LogP contribution in [0, 0.1) is 0 Å². The first-order valence-corrected chi connectivity index (χ1v) is 7.54. The van der Waals surface area contributed by atoms with Gasteiger partial charge in [0.15, 0.2) is 0 Å². The van der Waals surface area contributed by atoms with Gasteiger partial charge in [0, 0.05) is 30.2 Å². The lowest BCUT2D eigenvalue weighted by molar-refractivity contribution is -0.126. The number of carbonyl (C=O) groups is 1. The van der Waals surface area contributed by atoms with Crippen molar-refractivity contribution in [2.75, 3.05) is 32.9 Å². The normalized spacial score (nSPS) is 17.4. The molecule has 1 amide bonds. The molecule has 1 unspecified atom stereocenters. The Morgan fingerprint density at radius 3 is 3.05 bits per heavy atom. The summed E-state index contributed by atoms with van der Waals surface area (Å²) < 4.78 is 5.73. The van der Waals surface area contributed by atoms with Crippen LogP contribution in [0.3, 0.4) is 0 Å². The van der Waals surface area contributed by atoms with Gasteiger partial charge in [0.25, 0.3) is 0 Å². The van der Waals surface area contributed by atoms with Gasteiger partial charge in [-0.2, -0.15) is 0 Å². The van der Waals surface area contributed by atoms with Gasteiger partial charge >= 0.3 is 0 Å². The molecular weight excluding hydrogens is 282 g/mol. The Balaban J connectivity index is 1.53. The summed E-state index contributed by atoms with van der Waals surface area (Å²) in [6.07, 6.45) is 1.24. The Morgan fingerprint density at radius 1 is 1.41 bits per heavy atom. The molecular formula is C16H21N3O3. The first-order valence-electron chi connectivity index (χ1n) is 7.54. The summed E-state index contributed by atoms with van der Waals surface area (Å²) in [6.45, 7) is 4.26. The molecule has 22 heavy (non-hydrogen) atoms. The van der Waals surface area contributed by atoms with Crippen molar-refractivity contribution in [1.29, 1.82) is 0 Å². The van der Waals surface area contributed by atoms with E-state index in [1.54, 1.807) is 4.90 Å². The van der Waals surface area contributed by atoms with Crippen molar-refractivity contribution in [2.24, 2.45) is 0 Å². The maximum atomic E-state index is 11.7. The van der Waals surface area contributed by atoms with Crippen LogP contribution < -0.4 is 4.74 Å². The quantitative estimate of drug-likeness (QED) is 0.836. The first-order chi connectivity index (χ1) is 10.7. The number of rotatable bonds is 6. The van der Waals surface area contributed by atoms with Crippen molar-refractivity contribution < 1.29 is 14.6 Å². The second-order valence-corrected chi connectivity index (χ2v) is 5.56. The summed E-state index contributed by atoms with van der Waals surface area (Å²) in [5.74, 6) is 0.873. The highest BCUT2D eigenvalue weighted by Gasteiger charge is 2.27. The zero-order valence-corrected chi connectivity index (χ0v) is 12.7. The van der Waals surface area contributed by atoms with E-state index in [2.05, 4.69) is 4.98 Å². The van der Waals surface area contributed by atoms with Crippen molar-refractivity contribution >= 4 is 16.8 Å². The molecule has 0 saturated carbocycles. The van der Waals surface area contributed by atoms with E-state index in [-0.39, 0.29) is 12.5 Å². The average molecular weight is 303 g/mol. The third-order valence-electron chi connectivity index (χ3n) is 3.92. The number of amides is 1. The SMILES string of the molecule is CCN1CN(CC(O)COc2cccc3[nH]ccc23)CC1=O. The molecule has 6 heteroatoms. The Labute approximate surface area is 129 Å². The van der Waals surface area contributed by atoms with Crippen LogP contribution in [0.5, 0.6) is 5.75 Å². The maximum absolute atomic E-state index is 11.7. The predicted octanol–water partition coefficient (Wildman–Crippen LogP) is 1.03. The summed E-state index contributed by atoms with van der Waals surface area (Å²) in [7, 11) is 0. The zero-order chi connectivity index (χ0) is 15.5. The standard InChI is InChI=1S/C16H21N3O3/c1-2-19-11-18(9-16(19)21)8-12(20)10-22-15-5-3-4-14-13(15)6-7-17-14/h3-7,12,17,20H,2,8-11H2,1H3. The highest BCUT2D eigenvalue weighted by atomic mass is 16.5. The van der Waals surface area contributed by atoms with E-state index in [1.807, 2.05) is 42.3 Å². The van der Waals surface area contributed by atoms with Crippen LogP contribution in [0.2, 0.25) is 0 Å². The van der Waals surface area contributed by atoms with Crippen LogP contribution in [0.25, 0.3) is 10.9 Å². The number of H-pyrrole nitrogens is 1. The smallest absolute Gasteiger partial charge is 0.237 e. The van der Waals surface area contributed by atoms with Gasteiger partial charge in [-0.25, -0.2) is 0 Å². The number of nitrogens with one attached hydrogen (secondary N) is 1. The number of β-amino-alcohol motifs (C(OH)–C–C–N with tert-alkyl or cyclic N) is 1. The number of aliphatic hydroxyl groups is 1. The molecule has 1 aliphatic rings. The number of aromatic nitrogens is 1. The third kappa shape index (κ3) is 3.08. The highest BCUT2D eigenvalue weighted by Crippen LogP contribution is 2.24. The summed E-state index contributed by atoms with van der Waals surface area (Å²) in [4.78, 5) is 18.5. The monoisotopic (exact) mass is 303 g/mol. The molecule has 3 rings (SSSR count). The number of nitrogens with zero attached hydrogens (tertiary/aromatic N) is 2. The number of aliphatic hydroxyl groups excluding tert-OH is 1. The van der Waals surface area contributed by atoms with Crippen LogP contribution in [-0.4, -0.2) is 64.8 Å². The van der Waals surface area contributed by atoms with E-state index in [0.717, 1.165) is 16.7 Å². The minimum atomic E-state index is -0.626. The molecule has 0 spiro atoms. The van der Waals surface area contributed by atoms with Crippen LogP contribution in [0.4, 0.5) is 0 Å². The summed E-state index contributed by atoms with van der Waals surface area (Å²) >= 11 is 0. The molecule has 1 fully saturated rings. The third-order valence-corrected chi connectivity index (χ3v) is 3.92. The lowest BCUT2D eigenvalue weighted by atomic mass is 10.2. The molecule has 1 aromatic heterocycles. The van der Waals surface area contributed by atoms with Crippen molar-refractivity contribution in [1.82, 2.24) is 14.8 Å². The van der Waals surface area contributed by atoms with E-state index in [4.69, 9.17) is 4.74 Å². The number of ether oxygens (including phenoxy) is 1. The number of hydrogen-bond acceptors (Lipinski definition) is 4. The summed E-state index contributed by atoms with van der Waals surface area (Å²) in [5.41, 5.74) is 1.01. The highest BCUT2D eigenvalue weighted by molar-refractivity contribution is 5.85. The summed E-state index contributed by atoms with van der Waals surface area (Å²) in [5, 5.41) is 11.1. The number of aromatic amines is 1. The van der Waals surface area contributed by atoms with Crippen molar-refractivity contribution in [2.45, 2.75) is 13.0 Å². The van der Waals surface area contributed by atoms with Gasteiger partial charge in [0.2, 0.25) is 5.91 Å². The minimum Gasteiger partial charge on any atom is -0.490 e. The molecule has 0 radical (unpaired) electrons. The van der Waals surface area contributed by atoms with Crippen LogP contribution in [0.15, 0.2) is 30.5 Å². The van der Waals surface area contributed by atoms with E-state index >= 15 is 0 Å². The molecule has 2 heterocycles. The van der Waals surface area contributed by atoms with Crippen molar-refractivity contribution in [3.05, 3.63) is 30.5 Å². The number of fused-ring (bicyclic) bond motifs is 1. The van der Waals surface area contributed by atoms with E-state index < -0.39 is 6.10 Å². The molecule has 1 aliphatic heterocycles. The molecule has 0 bridgehead atoms. The van der Waals surface area contributed by atoms with E-state index in [0.29, 0.717) is 26.3 Å². The Bertz CT molecular complexity index is 655. The molecule has 1 aromatic carbocycles. The summed E-state index contributed by atoms with van der Waals surface area (Å²) in [6, 6.07) is 7.74. The lowest BCUT2D eigenvalue weighted by Gasteiger charge is -2.20. The average Bonchev–Trinajstić information content (AvgIpc) is 3.11. The largest absolute Gasteiger partial charge is 0.490 e. The van der Waals surface area contributed by atoms with Crippen molar-refractivity contribution in [3.63, 3.8) is 0 Å². The second-order valence-electron chi connectivity index (χ2n) is 5.56. The van der Waals surface area contributed by atoms with E-state index in [1.165, 1.54) is 0 Å². The second kappa shape index (κ2) is 6.37. The lowest BCUT2D eigenvalue weighted by Crippen LogP contribution is -2.35. The number of hydrogen-bond donors (Lipinski definition) is 2. The van der Waals surface area contributed by atoms with Gasteiger partial charge in [0.1, 0.15) is 18.5 Å². The molecule has 2 N–H and O–H groups in total. The van der Waals surface area contributed by atoms with Gasteiger partial charge in [-0.3, -0.25) is 9.69 Å². The zero-order valence-electron chi connectivity index (χ0n) is 12.7. The van der Waals surface area contributed by atoms with Crippen molar-refractivity contribution in [3.8, 4) is 5.75 Å². The molecule has 118 valence electrons. The Hall–Kier alpha value is -2.05. The number of likely N-dealkylation sites (N-methyl/N-ethyl adjacent to an activating group) is 1.